The lowest BCUT2D eigenvalue weighted by molar-refractivity contribution is -0.148. The molecular formula is C22H26N2O6. The van der Waals surface area contributed by atoms with E-state index in [9.17, 15) is 19.5 Å². The lowest BCUT2D eigenvalue weighted by atomic mass is 10.0. The molecule has 0 aromatic heterocycles. The predicted octanol–water partition coefficient (Wildman–Crippen LogP) is 1.56. The number of amides is 2. The van der Waals surface area contributed by atoms with Crippen molar-refractivity contribution in [3.63, 3.8) is 0 Å². The van der Waals surface area contributed by atoms with E-state index in [1.807, 2.05) is 60.7 Å². The highest BCUT2D eigenvalue weighted by Gasteiger charge is 2.30. The van der Waals surface area contributed by atoms with Crippen LogP contribution in [0.25, 0.3) is 0 Å². The van der Waals surface area contributed by atoms with E-state index >= 15 is 0 Å². The fourth-order valence-electron chi connectivity index (χ4n) is 2.72. The second-order valence-electron chi connectivity index (χ2n) is 6.70. The van der Waals surface area contributed by atoms with Gasteiger partial charge in [-0.05, 0) is 18.1 Å². The number of aliphatic hydroxyl groups excluding tert-OH is 1. The Morgan fingerprint density at radius 3 is 2.03 bits per heavy atom. The molecule has 0 saturated heterocycles. The summed E-state index contributed by atoms with van der Waals surface area (Å²) in [4.78, 5) is 36.9. The molecule has 0 spiro atoms. The van der Waals surface area contributed by atoms with E-state index in [-0.39, 0.29) is 13.0 Å². The van der Waals surface area contributed by atoms with Gasteiger partial charge >= 0.3 is 12.1 Å². The van der Waals surface area contributed by atoms with Crippen molar-refractivity contribution >= 4 is 18.0 Å². The first-order valence-electron chi connectivity index (χ1n) is 9.48. The molecule has 0 aliphatic carbocycles. The molecule has 2 aromatic rings. The summed E-state index contributed by atoms with van der Waals surface area (Å²) < 4.78 is 9.81. The smallest absolute Gasteiger partial charge is 0.408 e. The number of hydrogen-bond donors (Lipinski definition) is 3. The number of methoxy groups -OCH3 is 1. The van der Waals surface area contributed by atoms with Gasteiger partial charge in [-0.3, -0.25) is 4.79 Å². The molecule has 30 heavy (non-hydrogen) atoms. The summed E-state index contributed by atoms with van der Waals surface area (Å²) in [5.74, 6) is -1.43. The number of esters is 1. The topological polar surface area (TPSA) is 114 Å². The summed E-state index contributed by atoms with van der Waals surface area (Å²) in [6, 6.07) is 15.9. The number of ether oxygens (including phenoxy) is 2. The number of carbonyl (C=O) groups excluding carboxylic acids is 3. The fraction of sp³-hybridized carbons (Fsp3) is 0.318. The van der Waals surface area contributed by atoms with Gasteiger partial charge in [-0.2, -0.15) is 0 Å². The minimum absolute atomic E-state index is 0.0464. The number of hydrogen-bond acceptors (Lipinski definition) is 6. The number of nitrogens with one attached hydrogen (secondary N) is 2. The van der Waals surface area contributed by atoms with Gasteiger partial charge in [0.1, 0.15) is 12.6 Å². The van der Waals surface area contributed by atoms with Gasteiger partial charge in [0.05, 0.1) is 13.2 Å². The molecular weight excluding hydrogens is 388 g/mol. The maximum atomic E-state index is 12.8. The number of rotatable bonds is 9. The molecule has 0 heterocycles. The highest BCUT2D eigenvalue weighted by Crippen LogP contribution is 2.07. The number of carbonyl (C=O) groups is 3. The normalized spacial score (nSPS) is 13.4. The van der Waals surface area contributed by atoms with Crippen molar-refractivity contribution in [3.05, 3.63) is 71.8 Å². The summed E-state index contributed by atoms with van der Waals surface area (Å²) in [5.41, 5.74) is 1.60. The van der Waals surface area contributed by atoms with Crippen LogP contribution < -0.4 is 10.6 Å². The van der Waals surface area contributed by atoms with Crippen molar-refractivity contribution in [1.82, 2.24) is 10.6 Å². The second kappa shape index (κ2) is 11.6. The molecule has 0 aliphatic rings. The van der Waals surface area contributed by atoms with Crippen LogP contribution in [0.2, 0.25) is 0 Å². The first-order valence-corrected chi connectivity index (χ1v) is 9.48. The average molecular weight is 414 g/mol. The molecule has 0 radical (unpaired) electrons. The quantitative estimate of drug-likeness (QED) is 0.537. The standard InChI is InChI=1S/C22H26N2O6/c1-15(25)19(21(27)29-2)24-20(26)18(13-16-9-5-3-6-10-16)23-22(28)30-14-17-11-7-4-8-12-17/h3-12,15,18-19,25H,13-14H2,1-2H3,(H,23,28)(H,24,26)/t15-,18-,19-/m1/s1. The van der Waals surface area contributed by atoms with Gasteiger partial charge in [0.15, 0.2) is 6.04 Å². The van der Waals surface area contributed by atoms with E-state index in [0.717, 1.165) is 18.2 Å². The highest BCUT2D eigenvalue weighted by atomic mass is 16.5. The van der Waals surface area contributed by atoms with Crippen LogP contribution in [0.1, 0.15) is 18.1 Å². The molecule has 0 bridgehead atoms. The Morgan fingerprint density at radius 1 is 0.933 bits per heavy atom. The molecule has 2 rings (SSSR count). The van der Waals surface area contributed by atoms with Crippen molar-refractivity contribution in [1.29, 1.82) is 0 Å². The molecule has 0 fully saturated rings. The van der Waals surface area contributed by atoms with Crippen LogP contribution in [0.3, 0.4) is 0 Å². The first kappa shape index (κ1) is 22.9. The number of benzene rings is 2. The minimum atomic E-state index is -1.26. The van der Waals surface area contributed by atoms with Gasteiger partial charge in [-0.25, -0.2) is 9.59 Å². The lowest BCUT2D eigenvalue weighted by Crippen LogP contribution is -2.55. The number of alkyl carbamates (subject to hydrolysis) is 1. The van der Waals surface area contributed by atoms with Crippen molar-refractivity contribution in [3.8, 4) is 0 Å². The Bertz CT molecular complexity index is 826. The molecule has 3 atom stereocenters. The van der Waals surface area contributed by atoms with Crippen molar-refractivity contribution in [2.24, 2.45) is 0 Å². The van der Waals surface area contributed by atoms with Crippen LogP contribution in [0.4, 0.5) is 4.79 Å². The molecule has 0 aliphatic heterocycles. The zero-order chi connectivity index (χ0) is 21.9. The zero-order valence-electron chi connectivity index (χ0n) is 16.9. The summed E-state index contributed by atoms with van der Waals surface area (Å²) in [5, 5.41) is 14.8. The predicted molar refractivity (Wildman–Crippen MR) is 109 cm³/mol. The summed E-state index contributed by atoms with van der Waals surface area (Å²) in [7, 11) is 1.16. The van der Waals surface area contributed by atoms with E-state index < -0.39 is 36.2 Å². The molecule has 0 unspecified atom stereocenters. The van der Waals surface area contributed by atoms with Gasteiger partial charge < -0.3 is 25.2 Å². The number of aliphatic hydroxyl groups is 1. The minimum Gasteiger partial charge on any atom is -0.467 e. The van der Waals surface area contributed by atoms with Crippen LogP contribution in [0, 0.1) is 0 Å². The summed E-state index contributed by atoms with van der Waals surface area (Å²) >= 11 is 0. The monoisotopic (exact) mass is 414 g/mol. The van der Waals surface area contributed by atoms with Crippen LogP contribution >= 0.6 is 0 Å². The Labute approximate surface area is 175 Å². The van der Waals surface area contributed by atoms with Gasteiger partial charge in [-0.15, -0.1) is 0 Å². The largest absolute Gasteiger partial charge is 0.467 e. The van der Waals surface area contributed by atoms with E-state index in [1.54, 1.807) is 0 Å². The third-order valence-electron chi connectivity index (χ3n) is 4.34. The fourth-order valence-corrected chi connectivity index (χ4v) is 2.72. The second-order valence-corrected chi connectivity index (χ2v) is 6.70. The van der Waals surface area contributed by atoms with Crippen LogP contribution in [-0.2, 0) is 32.1 Å². The SMILES string of the molecule is COC(=O)[C@H](NC(=O)[C@@H](Cc1ccccc1)NC(=O)OCc1ccccc1)[C@@H](C)O. The van der Waals surface area contributed by atoms with Gasteiger partial charge in [0.2, 0.25) is 5.91 Å². The Kier molecular flexibility index (Phi) is 8.83. The van der Waals surface area contributed by atoms with Crippen molar-refractivity contribution in [2.45, 2.75) is 38.1 Å². The summed E-state index contributed by atoms with van der Waals surface area (Å²) in [6.07, 6.45) is -1.79. The maximum Gasteiger partial charge on any atom is 0.408 e. The third kappa shape index (κ3) is 7.21. The van der Waals surface area contributed by atoms with Crippen LogP contribution in [-0.4, -0.2) is 48.4 Å². The maximum absolute atomic E-state index is 12.8. The Morgan fingerprint density at radius 2 is 1.50 bits per heavy atom. The van der Waals surface area contributed by atoms with Gasteiger partial charge in [-0.1, -0.05) is 60.7 Å². The molecule has 8 heteroatoms. The third-order valence-corrected chi connectivity index (χ3v) is 4.34. The molecule has 3 N–H and O–H groups in total. The van der Waals surface area contributed by atoms with E-state index in [0.29, 0.717) is 0 Å². The van der Waals surface area contributed by atoms with E-state index in [1.165, 1.54) is 6.92 Å². The van der Waals surface area contributed by atoms with Crippen LogP contribution in [0.5, 0.6) is 0 Å². The lowest BCUT2D eigenvalue weighted by Gasteiger charge is -2.23. The molecule has 8 nitrogen and oxygen atoms in total. The molecule has 160 valence electrons. The first-order chi connectivity index (χ1) is 14.4. The highest BCUT2D eigenvalue weighted by molar-refractivity contribution is 5.90. The molecule has 0 saturated carbocycles. The molecule has 2 amide bonds. The molecule has 2 aromatic carbocycles. The Hall–Kier alpha value is -3.39. The van der Waals surface area contributed by atoms with E-state index in [2.05, 4.69) is 15.4 Å². The van der Waals surface area contributed by atoms with Gasteiger partial charge in [0.25, 0.3) is 0 Å². The van der Waals surface area contributed by atoms with Crippen molar-refractivity contribution < 1.29 is 29.0 Å². The zero-order valence-corrected chi connectivity index (χ0v) is 16.9. The van der Waals surface area contributed by atoms with Gasteiger partial charge in [0, 0.05) is 6.42 Å². The summed E-state index contributed by atoms with van der Waals surface area (Å²) in [6.45, 7) is 1.40. The van der Waals surface area contributed by atoms with Crippen LogP contribution in [0.15, 0.2) is 60.7 Å². The van der Waals surface area contributed by atoms with E-state index in [4.69, 9.17) is 4.74 Å². The Balaban J connectivity index is 2.08. The average Bonchev–Trinajstić information content (AvgIpc) is 2.76. The van der Waals surface area contributed by atoms with Crippen molar-refractivity contribution in [2.75, 3.05) is 7.11 Å².